The Kier molecular flexibility index (Phi) is 7.28. The molecule has 0 spiro atoms. The van der Waals surface area contributed by atoms with Gasteiger partial charge in [0.05, 0.1) is 28.1 Å². The van der Waals surface area contributed by atoms with Crippen LogP contribution in [-0.2, 0) is 19.3 Å². The van der Waals surface area contributed by atoms with Crippen molar-refractivity contribution in [2.24, 2.45) is 4.36 Å². The second kappa shape index (κ2) is 10.1. The maximum Gasteiger partial charge on any atom is 0.333 e. The van der Waals surface area contributed by atoms with E-state index in [2.05, 4.69) is 16.2 Å². The molecule has 0 heterocycles. The predicted molar refractivity (Wildman–Crippen MR) is 125 cm³/mol. The number of rotatable bonds is 3. The van der Waals surface area contributed by atoms with Gasteiger partial charge in [0.15, 0.2) is 0 Å². The first-order valence-corrected chi connectivity index (χ1v) is 11.9. The summed E-state index contributed by atoms with van der Waals surface area (Å²) in [5, 5.41) is 0. The predicted octanol–water partition coefficient (Wildman–Crippen LogP) is 5.51. The van der Waals surface area contributed by atoms with Crippen molar-refractivity contribution >= 4 is 21.4 Å². The van der Waals surface area contributed by atoms with Crippen LogP contribution in [0.25, 0.3) is 0 Å². The minimum absolute atomic E-state index is 0.322. The Hall–Kier alpha value is -3.36. The van der Waals surface area contributed by atoms with Crippen molar-refractivity contribution in [2.75, 3.05) is 13.4 Å². The Bertz CT molecular complexity index is 1260. The first-order valence-electron chi connectivity index (χ1n) is 9.94. The van der Waals surface area contributed by atoms with E-state index in [-0.39, 0.29) is 5.97 Å². The molecule has 1 unspecified atom stereocenters. The molecule has 0 bridgehead atoms. The van der Waals surface area contributed by atoms with E-state index >= 15 is 0 Å². The van der Waals surface area contributed by atoms with Crippen molar-refractivity contribution in [2.45, 2.75) is 24.7 Å². The van der Waals surface area contributed by atoms with Crippen LogP contribution in [0.2, 0.25) is 0 Å². The largest absolute Gasteiger partial charge is 0.466 e. The number of esters is 1. The number of hydrogen-bond acceptors (Lipinski definition) is 4. The molecule has 31 heavy (non-hydrogen) atoms. The third-order valence-corrected chi connectivity index (χ3v) is 6.41. The zero-order valence-electron chi connectivity index (χ0n) is 17.9. The van der Waals surface area contributed by atoms with E-state index in [1.807, 2.05) is 73.7 Å². The molecule has 0 fully saturated rings. The molecule has 3 rings (SSSR count). The lowest BCUT2D eigenvalue weighted by Crippen LogP contribution is -2.04. The molecule has 2 aromatic rings. The molecule has 2 aromatic carbocycles. The first-order chi connectivity index (χ1) is 14.9. The number of carbonyl (C=O) groups is 1. The van der Waals surface area contributed by atoms with Gasteiger partial charge < -0.3 is 4.74 Å². The number of allylic oxidation sites excluding steroid dienone is 5. The lowest BCUT2D eigenvalue weighted by Gasteiger charge is -2.07. The standard InChI is InChI=1S/C26H25NO3S/c1-20-9-8-13-24(19-20)31(3,29)27-25-14-7-6-11-22(25)17-15-21-10-4-5-12-23(18-16-21)26(28)30-2/h4,6-11,13-14,16,18-19H,5,12H2,1-3H3/b10-4+,21-16+,23-18+. The molecule has 1 aliphatic rings. The van der Waals surface area contributed by atoms with E-state index in [0.29, 0.717) is 28.1 Å². The average Bonchev–Trinajstić information content (AvgIpc) is 2.73. The van der Waals surface area contributed by atoms with Crippen LogP contribution in [0.3, 0.4) is 0 Å². The molecule has 4 nitrogen and oxygen atoms in total. The minimum atomic E-state index is -2.61. The van der Waals surface area contributed by atoms with Gasteiger partial charge >= 0.3 is 5.97 Å². The van der Waals surface area contributed by atoms with E-state index < -0.39 is 9.73 Å². The van der Waals surface area contributed by atoms with Crippen LogP contribution in [0.4, 0.5) is 5.69 Å². The summed E-state index contributed by atoms with van der Waals surface area (Å²) in [5.74, 6) is 5.95. The topological polar surface area (TPSA) is 55.7 Å². The second-order valence-corrected chi connectivity index (χ2v) is 9.48. The lowest BCUT2D eigenvalue weighted by molar-refractivity contribution is -0.136. The highest BCUT2D eigenvalue weighted by Crippen LogP contribution is 2.24. The normalized spacial score (nSPS) is 19.6. The third-order valence-electron chi connectivity index (χ3n) is 4.73. The Morgan fingerprint density at radius 1 is 1.10 bits per heavy atom. The van der Waals surface area contributed by atoms with Crippen molar-refractivity contribution in [3.8, 4) is 11.8 Å². The summed E-state index contributed by atoms with van der Waals surface area (Å²) >= 11 is 0. The molecule has 0 aliphatic heterocycles. The zero-order chi connectivity index (χ0) is 22.3. The molecule has 0 saturated carbocycles. The molecular formula is C26H25NO3S. The fourth-order valence-corrected chi connectivity index (χ4v) is 4.43. The van der Waals surface area contributed by atoms with Crippen molar-refractivity contribution in [3.05, 3.63) is 95.1 Å². The molecule has 0 saturated heterocycles. The number of hydrogen-bond donors (Lipinski definition) is 0. The van der Waals surface area contributed by atoms with Crippen molar-refractivity contribution < 1.29 is 13.7 Å². The van der Waals surface area contributed by atoms with Gasteiger partial charge in [0, 0.05) is 22.3 Å². The van der Waals surface area contributed by atoms with Crippen LogP contribution in [0.1, 0.15) is 24.0 Å². The number of carbonyl (C=O) groups excluding carboxylic acids is 1. The summed E-state index contributed by atoms with van der Waals surface area (Å²) in [7, 11) is -1.23. The lowest BCUT2D eigenvalue weighted by atomic mass is 10.0. The van der Waals surface area contributed by atoms with Crippen molar-refractivity contribution in [1.82, 2.24) is 0 Å². The maximum atomic E-state index is 13.3. The van der Waals surface area contributed by atoms with Crippen LogP contribution in [0.15, 0.2) is 93.2 Å². The average molecular weight is 432 g/mol. The molecule has 1 atom stereocenters. The minimum Gasteiger partial charge on any atom is -0.466 e. The fraction of sp³-hybridized carbons (Fsp3) is 0.192. The fourth-order valence-electron chi connectivity index (χ4n) is 3.05. The number of aryl methyl sites for hydroxylation is 1. The van der Waals surface area contributed by atoms with Gasteiger partial charge in [-0.3, -0.25) is 0 Å². The Labute approximate surface area is 184 Å². The highest BCUT2D eigenvalue weighted by Gasteiger charge is 2.10. The molecule has 0 aromatic heterocycles. The van der Waals surface area contributed by atoms with Crippen molar-refractivity contribution in [1.29, 1.82) is 0 Å². The van der Waals surface area contributed by atoms with Gasteiger partial charge in [0.2, 0.25) is 0 Å². The molecule has 5 heteroatoms. The summed E-state index contributed by atoms with van der Waals surface area (Å²) in [6, 6.07) is 15.0. The smallest absolute Gasteiger partial charge is 0.333 e. The SMILES string of the molecule is COC(=O)/C1=C/C=C(C#Cc2ccccc2N=S(C)(=O)c2cccc(C)c2)\C=C\CC1. The summed E-state index contributed by atoms with van der Waals surface area (Å²) in [6.45, 7) is 1.97. The van der Waals surface area contributed by atoms with E-state index in [0.717, 1.165) is 17.6 Å². The monoisotopic (exact) mass is 431 g/mol. The molecule has 158 valence electrons. The summed E-state index contributed by atoms with van der Waals surface area (Å²) in [5.41, 5.74) is 3.71. The molecule has 0 N–H and O–H groups in total. The first kappa shape index (κ1) is 22.3. The van der Waals surface area contributed by atoms with E-state index in [4.69, 9.17) is 4.74 Å². The van der Waals surface area contributed by atoms with Gasteiger partial charge in [-0.05, 0) is 55.7 Å². The second-order valence-electron chi connectivity index (χ2n) is 7.22. The Balaban J connectivity index is 1.98. The molecule has 0 radical (unpaired) electrons. The van der Waals surface area contributed by atoms with E-state index in [1.54, 1.807) is 12.3 Å². The van der Waals surface area contributed by atoms with Crippen LogP contribution in [0, 0.1) is 18.8 Å². The molecular weight excluding hydrogens is 406 g/mol. The zero-order valence-corrected chi connectivity index (χ0v) is 18.7. The van der Waals surface area contributed by atoms with Crippen molar-refractivity contribution in [3.63, 3.8) is 0 Å². The summed E-state index contributed by atoms with van der Waals surface area (Å²) in [4.78, 5) is 12.5. The number of methoxy groups -OCH3 is 1. The van der Waals surface area contributed by atoms with Gasteiger partial charge in [-0.25, -0.2) is 9.00 Å². The number of benzene rings is 2. The number of ether oxygens (including phenoxy) is 1. The summed E-state index contributed by atoms with van der Waals surface area (Å²) < 4.78 is 22.7. The van der Waals surface area contributed by atoms with Gasteiger partial charge in [0.25, 0.3) is 0 Å². The Morgan fingerprint density at radius 2 is 1.90 bits per heavy atom. The van der Waals surface area contributed by atoms with Crippen LogP contribution < -0.4 is 0 Å². The van der Waals surface area contributed by atoms with Gasteiger partial charge in [-0.15, -0.1) is 0 Å². The third kappa shape index (κ3) is 6.07. The van der Waals surface area contributed by atoms with E-state index in [9.17, 15) is 9.00 Å². The molecule has 0 amide bonds. The maximum absolute atomic E-state index is 13.3. The van der Waals surface area contributed by atoms with E-state index in [1.165, 1.54) is 7.11 Å². The van der Waals surface area contributed by atoms with Gasteiger partial charge in [-0.1, -0.05) is 54.3 Å². The van der Waals surface area contributed by atoms with Gasteiger partial charge in [-0.2, -0.15) is 4.36 Å². The molecule has 1 aliphatic carbocycles. The number of nitrogens with zero attached hydrogens (tertiary/aromatic N) is 1. The summed E-state index contributed by atoms with van der Waals surface area (Å²) in [6.07, 6.45) is 10.5. The van der Waals surface area contributed by atoms with Crippen LogP contribution in [-0.4, -0.2) is 23.5 Å². The Morgan fingerprint density at radius 3 is 2.68 bits per heavy atom. The van der Waals surface area contributed by atoms with Gasteiger partial charge in [0.1, 0.15) is 0 Å². The highest BCUT2D eigenvalue weighted by atomic mass is 32.2. The van der Waals surface area contributed by atoms with Crippen LogP contribution >= 0.6 is 0 Å². The highest BCUT2D eigenvalue weighted by molar-refractivity contribution is 7.93. The quantitative estimate of drug-likeness (QED) is 0.476. The van der Waals surface area contributed by atoms with Crippen LogP contribution in [0.5, 0.6) is 0 Å².